The molecule has 0 bridgehead atoms. The molecule has 0 unspecified atom stereocenters. The highest BCUT2D eigenvalue weighted by Gasteiger charge is 2.64. The lowest BCUT2D eigenvalue weighted by Gasteiger charge is -2.58. The number of hydrogen-bond donors (Lipinski definition) is 2. The first-order valence-corrected chi connectivity index (χ1v) is 23.0. The van der Waals surface area contributed by atoms with Crippen molar-refractivity contribution < 1.29 is 29.3 Å². The Hall–Kier alpha value is -5.38. The fraction of sp³-hybridized carbons (Fsp3) is 0.315. The van der Waals surface area contributed by atoms with E-state index in [1.54, 1.807) is 11.8 Å². The largest absolute Gasteiger partial charge is 0.460 e. The summed E-state index contributed by atoms with van der Waals surface area (Å²) in [5, 5.41) is 29.4. The number of thioether (sulfide) groups is 1. The molecule has 318 valence electrons. The summed E-state index contributed by atoms with van der Waals surface area (Å²) in [6.07, 6.45) is 9.86. The van der Waals surface area contributed by atoms with Crippen LogP contribution in [0.3, 0.4) is 0 Å². The minimum Gasteiger partial charge on any atom is -0.460 e. The van der Waals surface area contributed by atoms with Crippen molar-refractivity contribution in [3.05, 3.63) is 169 Å². The van der Waals surface area contributed by atoms with Crippen LogP contribution in [-0.4, -0.2) is 46.8 Å². The van der Waals surface area contributed by atoms with Gasteiger partial charge >= 0.3 is 0 Å². The van der Waals surface area contributed by atoms with Crippen LogP contribution >= 0.6 is 11.8 Å². The summed E-state index contributed by atoms with van der Waals surface area (Å²) in [5.41, 5.74) is 4.14. The van der Waals surface area contributed by atoms with Gasteiger partial charge in [0.25, 0.3) is 0 Å². The summed E-state index contributed by atoms with van der Waals surface area (Å²) in [4.78, 5) is 7.41. The molecule has 1 fully saturated rings. The fourth-order valence-electron chi connectivity index (χ4n) is 10.0. The summed E-state index contributed by atoms with van der Waals surface area (Å²) in [6, 6.07) is 46.0. The van der Waals surface area contributed by atoms with E-state index >= 15 is 0 Å². The van der Waals surface area contributed by atoms with Crippen LogP contribution in [0, 0.1) is 17.8 Å². The van der Waals surface area contributed by atoms with Crippen LogP contribution in [0.25, 0.3) is 21.5 Å². The molecule has 0 aromatic heterocycles. The molecular formula is C54H55NO6S. The van der Waals surface area contributed by atoms with Gasteiger partial charge in [-0.1, -0.05) is 121 Å². The lowest BCUT2D eigenvalue weighted by Crippen LogP contribution is -2.64. The number of fused-ring (bicyclic) bond motifs is 4. The molecule has 6 aromatic carbocycles. The molecule has 7 nitrogen and oxygen atoms in total. The summed E-state index contributed by atoms with van der Waals surface area (Å²) >= 11 is 1.77. The first-order chi connectivity index (χ1) is 30.6. The third kappa shape index (κ3) is 8.80. The zero-order chi connectivity index (χ0) is 42.3. The van der Waals surface area contributed by atoms with Gasteiger partial charge in [-0.05, 0) is 113 Å². The highest BCUT2D eigenvalue weighted by Crippen LogP contribution is 2.63. The number of benzene rings is 6. The van der Waals surface area contributed by atoms with Gasteiger partial charge in [0.1, 0.15) is 23.9 Å². The highest BCUT2D eigenvalue weighted by atomic mass is 32.2. The molecule has 62 heavy (non-hydrogen) atoms. The fourth-order valence-corrected chi connectivity index (χ4v) is 11.4. The molecule has 0 amide bonds. The normalized spacial score (nSPS) is 23.3. The third-order valence-electron chi connectivity index (χ3n) is 12.8. The van der Waals surface area contributed by atoms with E-state index in [0.717, 1.165) is 93.9 Å². The number of aliphatic hydroxyl groups is 2. The van der Waals surface area contributed by atoms with Crippen molar-refractivity contribution in [2.45, 2.75) is 73.4 Å². The molecule has 0 radical (unpaired) electrons. The topological polar surface area (TPSA) is 89.7 Å². The van der Waals surface area contributed by atoms with Gasteiger partial charge in [0, 0.05) is 36.0 Å². The zero-order valence-electron chi connectivity index (χ0n) is 35.1. The molecule has 1 saturated carbocycles. The maximum atomic E-state index is 10.0. The van der Waals surface area contributed by atoms with E-state index < -0.39 is 5.79 Å². The first kappa shape index (κ1) is 41.9. The molecule has 2 N–H and O–H groups in total. The molecule has 6 aromatic rings. The van der Waals surface area contributed by atoms with Crippen LogP contribution < -0.4 is 9.47 Å². The smallest absolute Gasteiger partial charge is 0.231 e. The monoisotopic (exact) mass is 845 g/mol. The van der Waals surface area contributed by atoms with Gasteiger partial charge in [0.05, 0.1) is 23.5 Å². The van der Waals surface area contributed by atoms with Gasteiger partial charge in [-0.2, -0.15) is 0 Å². The van der Waals surface area contributed by atoms with Crippen molar-refractivity contribution in [2.75, 3.05) is 19.8 Å². The molecule has 2 aliphatic carbocycles. The summed E-state index contributed by atoms with van der Waals surface area (Å²) in [7, 11) is 0. The summed E-state index contributed by atoms with van der Waals surface area (Å²) in [6.45, 7) is 5.06. The average molecular weight is 846 g/mol. The minimum absolute atomic E-state index is 0.0548. The van der Waals surface area contributed by atoms with Crippen LogP contribution in [-0.2, 0) is 16.2 Å². The Morgan fingerprint density at radius 1 is 0.742 bits per heavy atom. The van der Waals surface area contributed by atoms with Gasteiger partial charge in [0.15, 0.2) is 0 Å². The van der Waals surface area contributed by atoms with Gasteiger partial charge < -0.3 is 29.3 Å². The van der Waals surface area contributed by atoms with Gasteiger partial charge in [0.2, 0.25) is 5.79 Å². The highest BCUT2D eigenvalue weighted by molar-refractivity contribution is 8.00. The number of rotatable bonds is 18. The van der Waals surface area contributed by atoms with Crippen molar-refractivity contribution in [1.82, 2.24) is 0 Å². The average Bonchev–Trinajstić information content (AvgIpc) is 3.30. The molecule has 0 spiro atoms. The molecule has 0 saturated heterocycles. The van der Waals surface area contributed by atoms with Crippen LogP contribution in [0.4, 0.5) is 0 Å². The van der Waals surface area contributed by atoms with E-state index in [1.165, 1.54) is 10.8 Å². The molecule has 1 aliphatic heterocycles. The maximum Gasteiger partial charge on any atom is 0.231 e. The van der Waals surface area contributed by atoms with Crippen LogP contribution in [0.2, 0.25) is 0 Å². The van der Waals surface area contributed by atoms with E-state index in [-0.39, 0.29) is 42.1 Å². The van der Waals surface area contributed by atoms with E-state index in [0.29, 0.717) is 19.6 Å². The second-order valence-electron chi connectivity index (χ2n) is 16.7. The number of ether oxygens (including phenoxy) is 3. The Labute approximate surface area is 369 Å². The Morgan fingerprint density at radius 2 is 1.42 bits per heavy atom. The third-order valence-corrected chi connectivity index (χ3v) is 14.1. The maximum absolute atomic E-state index is 10.0. The quantitative estimate of drug-likeness (QED) is 0.0506. The molecular weight excluding hydrogens is 791 g/mol. The number of unbranched alkanes of at least 4 members (excludes halogenated alkanes) is 2. The first-order valence-electron chi connectivity index (χ1n) is 22.1. The van der Waals surface area contributed by atoms with E-state index in [9.17, 15) is 10.2 Å². The Bertz CT molecular complexity index is 2560. The second kappa shape index (κ2) is 19.3. The zero-order valence-corrected chi connectivity index (χ0v) is 35.9. The van der Waals surface area contributed by atoms with E-state index in [1.807, 2.05) is 48.5 Å². The lowest BCUT2D eigenvalue weighted by molar-refractivity contribution is -0.223. The van der Waals surface area contributed by atoms with Crippen molar-refractivity contribution in [3.8, 4) is 17.2 Å². The number of nitrogens with zero attached hydrogens (tertiary/aromatic N) is 1. The molecule has 8 heteroatoms. The van der Waals surface area contributed by atoms with Crippen LogP contribution in [0.1, 0.15) is 62.0 Å². The predicted molar refractivity (Wildman–Crippen MR) is 250 cm³/mol. The standard InChI is InChI=1S/C54H55NO6S/c1-2-30-58-54-51(62-45-26-23-39-17-7-9-19-41(39)32-45)35-49(55-59-36-37-14-4-3-5-15-37)47-33-42(20-10-12-28-56)46(21-11-13-29-57)52(53(47)54)48-34-44(25-27-50(48)61-54)60-43-24-22-38-16-6-8-18-40(38)31-43/h2-9,14-19,22-27,31-34,42,46,51-53,56-57H,1,10-13,20-21,28-30,35-36H2/t42-,46+,51-,52+,53+,54+/m0/s1. The van der Waals surface area contributed by atoms with Crippen LogP contribution in [0.15, 0.2) is 168 Å². The number of allylic oxidation sites excluding steroid dienone is 1. The summed E-state index contributed by atoms with van der Waals surface area (Å²) < 4.78 is 21.3. The van der Waals surface area contributed by atoms with Crippen molar-refractivity contribution in [2.24, 2.45) is 22.9 Å². The van der Waals surface area contributed by atoms with E-state index in [2.05, 4.69) is 104 Å². The van der Waals surface area contributed by atoms with Crippen molar-refractivity contribution in [1.29, 1.82) is 0 Å². The molecule has 1 heterocycles. The molecule has 9 rings (SSSR count). The number of aliphatic hydroxyl groups excluding tert-OH is 2. The molecule has 3 aliphatic rings. The van der Waals surface area contributed by atoms with Gasteiger partial charge in [-0.15, -0.1) is 18.3 Å². The van der Waals surface area contributed by atoms with Crippen molar-refractivity contribution in [3.63, 3.8) is 0 Å². The van der Waals surface area contributed by atoms with E-state index in [4.69, 9.17) is 24.2 Å². The van der Waals surface area contributed by atoms with Crippen molar-refractivity contribution >= 4 is 39.0 Å². The lowest BCUT2D eigenvalue weighted by atomic mass is 9.56. The Kier molecular flexibility index (Phi) is 13.1. The Balaban J connectivity index is 1.20. The molecule has 6 atom stereocenters. The number of hydrogen-bond acceptors (Lipinski definition) is 8. The Morgan fingerprint density at radius 3 is 2.18 bits per heavy atom. The minimum atomic E-state index is -1.10. The summed E-state index contributed by atoms with van der Waals surface area (Å²) in [5.74, 6) is 1.23. The van der Waals surface area contributed by atoms with Gasteiger partial charge in [-0.25, -0.2) is 0 Å². The second-order valence-corrected chi connectivity index (χ2v) is 18.0. The predicted octanol–water partition coefficient (Wildman–Crippen LogP) is 12.4. The number of oxime groups is 1. The van der Waals surface area contributed by atoms with Crippen LogP contribution in [0.5, 0.6) is 17.2 Å². The van der Waals surface area contributed by atoms with Gasteiger partial charge in [-0.3, -0.25) is 0 Å². The SMILES string of the molecule is C=CCO[C@@]12Oc3ccc(Oc4ccc5ccccc5c4)cc3[C@H]3[C@H](CCCCO)[C@@H](CCCCO)C=C(C(=NOCc4ccccc4)C[C@@H]1Sc1ccc4ccccc4c1)[C@H]32.